The van der Waals surface area contributed by atoms with Crippen LogP contribution in [0, 0.1) is 11.8 Å². The predicted octanol–water partition coefficient (Wildman–Crippen LogP) is 3.82. The number of aliphatic hydroxyl groups excluding tert-OH is 3. The van der Waals surface area contributed by atoms with Gasteiger partial charge in [0.1, 0.15) is 0 Å². The first-order valence-corrected chi connectivity index (χ1v) is 10.5. The lowest BCUT2D eigenvalue weighted by Gasteiger charge is -2.19. The highest BCUT2D eigenvalue weighted by Gasteiger charge is 2.39. The molecule has 1 saturated carbocycles. The second-order valence-electron chi connectivity index (χ2n) is 7.76. The minimum absolute atomic E-state index is 0.0660. The molecule has 0 unspecified atom stereocenters. The van der Waals surface area contributed by atoms with E-state index >= 15 is 0 Å². The molecule has 0 bridgehead atoms. The second kappa shape index (κ2) is 13.9. The highest BCUT2D eigenvalue weighted by molar-refractivity contribution is 5.66. The first-order valence-electron chi connectivity index (χ1n) is 10.5. The average molecular weight is 383 g/mol. The smallest absolute Gasteiger partial charge is 0.303 e. The number of rotatable bonds is 14. The van der Waals surface area contributed by atoms with Gasteiger partial charge in [-0.3, -0.25) is 4.79 Å². The van der Waals surface area contributed by atoms with E-state index in [0.717, 1.165) is 19.3 Å². The van der Waals surface area contributed by atoms with Crippen LogP contribution < -0.4 is 0 Å². The molecule has 4 N–H and O–H groups in total. The SMILES string of the molecule is CCCCCCC[C@H](O)C=C[C@@H]1[C@@H](CC=CCCCC(=O)O)[C@@H](O)C[C@H]1O. The molecule has 1 aliphatic carbocycles. The monoisotopic (exact) mass is 382 g/mol. The zero-order valence-corrected chi connectivity index (χ0v) is 16.7. The van der Waals surface area contributed by atoms with Crippen molar-refractivity contribution in [1.82, 2.24) is 0 Å². The Balaban J connectivity index is 2.41. The molecular formula is C22H38O5. The number of carbonyl (C=O) groups is 1. The minimum atomic E-state index is -0.785. The van der Waals surface area contributed by atoms with Crippen LogP contribution in [-0.4, -0.2) is 44.7 Å². The van der Waals surface area contributed by atoms with E-state index in [-0.39, 0.29) is 18.3 Å². The Hall–Kier alpha value is -1.17. The zero-order valence-electron chi connectivity index (χ0n) is 16.7. The molecule has 0 saturated heterocycles. The Morgan fingerprint density at radius 3 is 2.52 bits per heavy atom. The van der Waals surface area contributed by atoms with Crippen molar-refractivity contribution in [3.8, 4) is 0 Å². The van der Waals surface area contributed by atoms with Gasteiger partial charge in [0, 0.05) is 18.8 Å². The summed E-state index contributed by atoms with van der Waals surface area (Å²) < 4.78 is 0. The molecule has 156 valence electrons. The molecule has 0 aromatic heterocycles. The summed E-state index contributed by atoms with van der Waals surface area (Å²) in [5, 5.41) is 39.2. The van der Waals surface area contributed by atoms with E-state index in [2.05, 4.69) is 6.92 Å². The molecule has 0 heterocycles. The maximum Gasteiger partial charge on any atom is 0.303 e. The second-order valence-corrected chi connectivity index (χ2v) is 7.76. The third kappa shape index (κ3) is 10.1. The maximum absolute atomic E-state index is 10.5. The van der Waals surface area contributed by atoms with Gasteiger partial charge in [-0.05, 0) is 31.6 Å². The lowest BCUT2D eigenvalue weighted by Crippen LogP contribution is -2.20. The van der Waals surface area contributed by atoms with Gasteiger partial charge in [0.05, 0.1) is 18.3 Å². The third-order valence-electron chi connectivity index (χ3n) is 5.41. The predicted molar refractivity (Wildman–Crippen MR) is 107 cm³/mol. The van der Waals surface area contributed by atoms with Crippen molar-refractivity contribution in [2.24, 2.45) is 11.8 Å². The number of hydrogen-bond donors (Lipinski definition) is 4. The molecule has 5 atom stereocenters. The van der Waals surface area contributed by atoms with Crippen LogP contribution in [0.15, 0.2) is 24.3 Å². The van der Waals surface area contributed by atoms with E-state index in [4.69, 9.17) is 5.11 Å². The molecule has 5 nitrogen and oxygen atoms in total. The van der Waals surface area contributed by atoms with Crippen molar-refractivity contribution < 1.29 is 25.2 Å². The quantitative estimate of drug-likeness (QED) is 0.270. The van der Waals surface area contributed by atoms with E-state index in [1.54, 1.807) is 6.08 Å². The first kappa shape index (κ1) is 23.9. The Labute approximate surface area is 163 Å². The Morgan fingerprint density at radius 1 is 1.07 bits per heavy atom. The summed E-state index contributed by atoms with van der Waals surface area (Å²) in [6.07, 6.45) is 15.0. The average Bonchev–Trinajstić information content (AvgIpc) is 2.88. The Kier molecular flexibility index (Phi) is 12.3. The molecule has 0 radical (unpaired) electrons. The normalized spacial score (nSPS) is 27.0. The van der Waals surface area contributed by atoms with E-state index in [1.807, 2.05) is 18.2 Å². The van der Waals surface area contributed by atoms with Crippen molar-refractivity contribution in [3.05, 3.63) is 24.3 Å². The van der Waals surface area contributed by atoms with Crippen LogP contribution in [0.5, 0.6) is 0 Å². The van der Waals surface area contributed by atoms with Crippen LogP contribution in [0.1, 0.15) is 77.6 Å². The third-order valence-corrected chi connectivity index (χ3v) is 5.41. The van der Waals surface area contributed by atoms with E-state index in [0.29, 0.717) is 25.7 Å². The fourth-order valence-electron chi connectivity index (χ4n) is 3.76. The van der Waals surface area contributed by atoms with Gasteiger partial charge in [0.2, 0.25) is 0 Å². The summed E-state index contributed by atoms with van der Waals surface area (Å²) in [6, 6.07) is 0. The highest BCUT2D eigenvalue weighted by atomic mass is 16.4. The Morgan fingerprint density at radius 2 is 1.81 bits per heavy atom. The first-order chi connectivity index (χ1) is 13.0. The van der Waals surface area contributed by atoms with E-state index in [9.17, 15) is 20.1 Å². The minimum Gasteiger partial charge on any atom is -0.481 e. The number of hydrogen-bond acceptors (Lipinski definition) is 4. The zero-order chi connectivity index (χ0) is 20.1. The molecule has 1 rings (SSSR count). The fourth-order valence-corrected chi connectivity index (χ4v) is 3.76. The van der Waals surface area contributed by atoms with Crippen LogP contribution in [0.2, 0.25) is 0 Å². The van der Waals surface area contributed by atoms with Gasteiger partial charge in [-0.15, -0.1) is 0 Å². The number of aliphatic carboxylic acids is 1. The van der Waals surface area contributed by atoms with Gasteiger partial charge in [0.15, 0.2) is 0 Å². The molecule has 0 aliphatic heterocycles. The van der Waals surface area contributed by atoms with E-state index < -0.39 is 24.3 Å². The van der Waals surface area contributed by atoms with Crippen LogP contribution >= 0.6 is 0 Å². The topological polar surface area (TPSA) is 98.0 Å². The summed E-state index contributed by atoms with van der Waals surface area (Å²) >= 11 is 0. The van der Waals surface area contributed by atoms with Crippen molar-refractivity contribution >= 4 is 5.97 Å². The largest absolute Gasteiger partial charge is 0.481 e. The number of unbranched alkanes of at least 4 members (excludes halogenated alkanes) is 5. The lowest BCUT2D eigenvalue weighted by molar-refractivity contribution is -0.137. The van der Waals surface area contributed by atoms with Crippen molar-refractivity contribution in [1.29, 1.82) is 0 Å². The van der Waals surface area contributed by atoms with Gasteiger partial charge in [-0.25, -0.2) is 0 Å². The molecule has 1 fully saturated rings. The molecule has 0 amide bonds. The molecular weight excluding hydrogens is 344 g/mol. The maximum atomic E-state index is 10.5. The molecule has 0 aromatic rings. The summed E-state index contributed by atoms with van der Waals surface area (Å²) in [5.41, 5.74) is 0. The van der Waals surface area contributed by atoms with Gasteiger partial charge in [0.25, 0.3) is 0 Å². The number of carboxylic acid groups (broad SMARTS) is 1. The van der Waals surface area contributed by atoms with Crippen LogP contribution in [0.3, 0.4) is 0 Å². The van der Waals surface area contributed by atoms with Gasteiger partial charge in [-0.1, -0.05) is 63.3 Å². The number of allylic oxidation sites excluding steroid dienone is 2. The Bertz CT molecular complexity index is 460. The molecule has 0 spiro atoms. The number of carboxylic acids is 1. The van der Waals surface area contributed by atoms with Gasteiger partial charge < -0.3 is 20.4 Å². The molecule has 27 heavy (non-hydrogen) atoms. The van der Waals surface area contributed by atoms with Crippen LogP contribution in [0.4, 0.5) is 0 Å². The molecule has 1 aliphatic rings. The van der Waals surface area contributed by atoms with Gasteiger partial charge >= 0.3 is 5.97 Å². The lowest BCUT2D eigenvalue weighted by atomic mass is 9.89. The van der Waals surface area contributed by atoms with Gasteiger partial charge in [-0.2, -0.15) is 0 Å². The van der Waals surface area contributed by atoms with Crippen LogP contribution in [-0.2, 0) is 4.79 Å². The molecule has 5 heteroatoms. The molecule has 0 aromatic carbocycles. The summed E-state index contributed by atoms with van der Waals surface area (Å²) in [4.78, 5) is 10.5. The van der Waals surface area contributed by atoms with Crippen molar-refractivity contribution in [2.75, 3.05) is 0 Å². The summed E-state index contributed by atoms with van der Waals surface area (Å²) in [7, 11) is 0. The summed E-state index contributed by atoms with van der Waals surface area (Å²) in [6.45, 7) is 2.18. The van der Waals surface area contributed by atoms with Crippen molar-refractivity contribution in [2.45, 2.75) is 95.9 Å². The standard InChI is InChI=1S/C22H38O5/c1-2-3-4-5-8-11-17(23)14-15-19-18(20(24)16-21(19)25)12-9-6-7-10-13-22(26)27/h6,9,14-15,17-21,23-25H,2-5,7-8,10-13,16H2,1H3,(H,26,27)/t17-,18+,19+,20-,21+/m0/s1. The number of aliphatic hydroxyl groups is 3. The van der Waals surface area contributed by atoms with E-state index in [1.165, 1.54) is 19.3 Å². The highest BCUT2D eigenvalue weighted by Crippen LogP contribution is 2.36. The van der Waals surface area contributed by atoms with Crippen LogP contribution in [0.25, 0.3) is 0 Å². The fraction of sp³-hybridized carbons (Fsp3) is 0.773. The van der Waals surface area contributed by atoms with Crippen molar-refractivity contribution in [3.63, 3.8) is 0 Å². The summed E-state index contributed by atoms with van der Waals surface area (Å²) in [5.74, 6) is -1.01.